The molecule has 3 aromatic rings. The second-order valence-corrected chi connectivity index (χ2v) is 6.43. The molecule has 1 amide bonds. The number of amides is 1. The number of aryl methyl sites for hydroxylation is 2. The molecule has 0 fully saturated rings. The van der Waals surface area contributed by atoms with Crippen molar-refractivity contribution < 1.29 is 4.79 Å². The molecule has 0 atom stereocenters. The van der Waals surface area contributed by atoms with Gasteiger partial charge in [-0.25, -0.2) is 9.97 Å². The van der Waals surface area contributed by atoms with E-state index in [9.17, 15) is 9.59 Å². The highest BCUT2D eigenvalue weighted by Crippen LogP contribution is 2.12. The van der Waals surface area contributed by atoms with Crippen molar-refractivity contribution in [2.75, 3.05) is 6.54 Å². The summed E-state index contributed by atoms with van der Waals surface area (Å²) in [6, 6.07) is 7.36. The summed E-state index contributed by atoms with van der Waals surface area (Å²) in [4.78, 5) is 36.4. The smallest absolute Gasteiger partial charge is 0.270 e. The molecule has 0 saturated carbocycles. The maximum absolute atomic E-state index is 12.0. The Labute approximate surface area is 143 Å². The number of hydrogen-bond donors (Lipinski definition) is 2. The monoisotopic (exact) mass is 342 g/mol. The molecular weight excluding hydrogens is 324 g/mol. The maximum atomic E-state index is 12.0. The number of thiazole rings is 1. The van der Waals surface area contributed by atoms with Crippen molar-refractivity contribution in [1.82, 2.24) is 20.3 Å². The van der Waals surface area contributed by atoms with Gasteiger partial charge in [-0.2, -0.15) is 0 Å². The van der Waals surface area contributed by atoms with Gasteiger partial charge in [0.1, 0.15) is 5.69 Å². The summed E-state index contributed by atoms with van der Waals surface area (Å²) in [5.41, 5.74) is 4.42. The van der Waals surface area contributed by atoms with Crippen molar-refractivity contribution in [2.45, 2.75) is 26.2 Å². The number of nitrogens with zero attached hydrogens (tertiary/aromatic N) is 2. The lowest BCUT2D eigenvalue weighted by molar-refractivity contribution is -0.121. The minimum Gasteiger partial charge on any atom is -0.356 e. The highest BCUT2D eigenvalue weighted by molar-refractivity contribution is 7.09. The van der Waals surface area contributed by atoms with E-state index in [-0.39, 0.29) is 17.9 Å². The summed E-state index contributed by atoms with van der Waals surface area (Å²) in [5, 5.41) is 2.87. The minimum atomic E-state index is -0.234. The molecule has 6 nitrogen and oxygen atoms in total. The first-order valence-corrected chi connectivity index (χ1v) is 8.65. The number of nitrogens with one attached hydrogen (secondary N) is 2. The number of para-hydroxylation sites is 2. The standard InChI is InChI=1S/C17H18N4O2S/c1-11-15(24-10-19-11)8-9-18-16(22)7-6-14-17(23)21-13-5-3-2-4-12(13)20-14/h2-5,10H,6-9H2,1H3,(H,18,22)(H,21,23). The van der Waals surface area contributed by atoms with Crippen molar-refractivity contribution in [2.24, 2.45) is 0 Å². The topological polar surface area (TPSA) is 87.7 Å². The summed E-state index contributed by atoms with van der Waals surface area (Å²) in [7, 11) is 0. The quantitative estimate of drug-likeness (QED) is 0.717. The third-order valence-electron chi connectivity index (χ3n) is 3.78. The molecule has 1 aromatic carbocycles. The molecule has 0 unspecified atom stereocenters. The van der Waals surface area contributed by atoms with Crippen LogP contribution in [0.5, 0.6) is 0 Å². The second-order valence-electron chi connectivity index (χ2n) is 5.49. The van der Waals surface area contributed by atoms with Gasteiger partial charge in [0, 0.05) is 30.7 Å². The van der Waals surface area contributed by atoms with Gasteiger partial charge in [0.2, 0.25) is 5.91 Å². The van der Waals surface area contributed by atoms with E-state index in [1.54, 1.807) is 11.3 Å². The lowest BCUT2D eigenvalue weighted by Gasteiger charge is -2.05. The molecule has 0 aliphatic heterocycles. The van der Waals surface area contributed by atoms with Gasteiger partial charge < -0.3 is 10.3 Å². The fourth-order valence-corrected chi connectivity index (χ4v) is 3.22. The van der Waals surface area contributed by atoms with Crippen LogP contribution in [0.25, 0.3) is 11.0 Å². The van der Waals surface area contributed by atoms with Crippen LogP contribution < -0.4 is 10.9 Å². The number of benzene rings is 1. The number of rotatable bonds is 6. The zero-order valence-electron chi connectivity index (χ0n) is 13.3. The molecular formula is C17H18N4O2S. The molecule has 24 heavy (non-hydrogen) atoms. The summed E-state index contributed by atoms with van der Waals surface area (Å²) in [5.74, 6) is -0.0773. The summed E-state index contributed by atoms with van der Waals surface area (Å²) in [6.45, 7) is 2.54. The minimum absolute atomic E-state index is 0.0773. The van der Waals surface area contributed by atoms with Crippen LogP contribution in [0.1, 0.15) is 22.7 Å². The second kappa shape index (κ2) is 7.35. The number of aromatic nitrogens is 3. The zero-order chi connectivity index (χ0) is 16.9. The first-order chi connectivity index (χ1) is 11.6. The number of H-pyrrole nitrogens is 1. The van der Waals surface area contributed by atoms with Crippen molar-refractivity contribution in [3.05, 3.63) is 56.4 Å². The molecule has 7 heteroatoms. The van der Waals surface area contributed by atoms with Gasteiger partial charge >= 0.3 is 0 Å². The van der Waals surface area contributed by atoms with Crippen LogP contribution in [-0.4, -0.2) is 27.4 Å². The van der Waals surface area contributed by atoms with Crippen LogP contribution in [0.3, 0.4) is 0 Å². The first kappa shape index (κ1) is 16.3. The lowest BCUT2D eigenvalue weighted by atomic mass is 10.2. The van der Waals surface area contributed by atoms with Crippen molar-refractivity contribution >= 4 is 28.3 Å². The molecule has 2 aromatic heterocycles. The molecule has 0 aliphatic carbocycles. The van der Waals surface area contributed by atoms with Crippen molar-refractivity contribution in [3.63, 3.8) is 0 Å². The van der Waals surface area contributed by atoms with Crippen LogP contribution in [0.4, 0.5) is 0 Å². The Bertz CT molecular complexity index is 916. The molecule has 3 rings (SSSR count). The van der Waals surface area contributed by atoms with Crippen LogP contribution in [0.15, 0.2) is 34.6 Å². The maximum Gasteiger partial charge on any atom is 0.270 e. The van der Waals surface area contributed by atoms with E-state index in [2.05, 4.69) is 20.3 Å². The van der Waals surface area contributed by atoms with Crippen LogP contribution in [0.2, 0.25) is 0 Å². The largest absolute Gasteiger partial charge is 0.356 e. The summed E-state index contributed by atoms with van der Waals surface area (Å²) < 4.78 is 0. The Morgan fingerprint density at radius 3 is 2.92 bits per heavy atom. The molecule has 124 valence electrons. The van der Waals surface area contributed by atoms with Crippen LogP contribution >= 0.6 is 11.3 Å². The Morgan fingerprint density at radius 2 is 2.12 bits per heavy atom. The van der Waals surface area contributed by atoms with Crippen LogP contribution in [0, 0.1) is 6.92 Å². The highest BCUT2D eigenvalue weighted by atomic mass is 32.1. The first-order valence-electron chi connectivity index (χ1n) is 7.77. The molecule has 0 aliphatic rings. The van der Waals surface area contributed by atoms with Crippen molar-refractivity contribution in [3.8, 4) is 0 Å². The molecule has 0 spiro atoms. The van der Waals surface area contributed by atoms with E-state index < -0.39 is 0 Å². The summed E-state index contributed by atoms with van der Waals surface area (Å²) in [6.07, 6.45) is 1.35. The fraction of sp³-hybridized carbons (Fsp3) is 0.294. The van der Waals surface area contributed by atoms with Crippen molar-refractivity contribution in [1.29, 1.82) is 0 Å². The lowest BCUT2D eigenvalue weighted by Crippen LogP contribution is -2.27. The SMILES string of the molecule is Cc1ncsc1CCNC(=O)CCc1nc2ccccc2[nH]c1=O. The van der Waals surface area contributed by atoms with Gasteiger partial charge in [0.15, 0.2) is 0 Å². The highest BCUT2D eigenvalue weighted by Gasteiger charge is 2.08. The number of hydrogen-bond acceptors (Lipinski definition) is 5. The van der Waals surface area contributed by atoms with Gasteiger partial charge in [-0.05, 0) is 19.1 Å². The predicted molar refractivity (Wildman–Crippen MR) is 94.2 cm³/mol. The molecule has 2 N–H and O–H groups in total. The van der Waals surface area contributed by atoms with Crippen LogP contribution in [-0.2, 0) is 17.6 Å². The van der Waals surface area contributed by atoms with E-state index >= 15 is 0 Å². The summed E-state index contributed by atoms with van der Waals surface area (Å²) >= 11 is 1.60. The fourth-order valence-electron chi connectivity index (χ4n) is 2.44. The number of aromatic amines is 1. The van der Waals surface area contributed by atoms with Gasteiger partial charge in [-0.3, -0.25) is 9.59 Å². The zero-order valence-corrected chi connectivity index (χ0v) is 14.2. The predicted octanol–water partition coefficient (Wildman–Crippen LogP) is 1.98. The normalized spacial score (nSPS) is 10.9. The molecule has 0 radical (unpaired) electrons. The number of carbonyl (C=O) groups is 1. The van der Waals surface area contributed by atoms with E-state index in [0.717, 1.165) is 17.6 Å². The number of carbonyl (C=O) groups excluding carboxylic acids is 1. The van der Waals surface area contributed by atoms with E-state index in [1.807, 2.05) is 36.7 Å². The van der Waals surface area contributed by atoms with Gasteiger partial charge in [-0.15, -0.1) is 11.3 Å². The Kier molecular flexibility index (Phi) is 5.00. The van der Waals surface area contributed by atoms with E-state index in [4.69, 9.17) is 0 Å². The third-order valence-corrected chi connectivity index (χ3v) is 4.77. The Morgan fingerprint density at radius 1 is 1.29 bits per heavy atom. The number of fused-ring (bicyclic) bond motifs is 1. The van der Waals surface area contributed by atoms with E-state index in [1.165, 1.54) is 4.88 Å². The molecule has 2 heterocycles. The van der Waals surface area contributed by atoms with E-state index in [0.29, 0.717) is 24.2 Å². The van der Waals surface area contributed by atoms with Gasteiger partial charge in [-0.1, -0.05) is 12.1 Å². The van der Waals surface area contributed by atoms with Gasteiger partial charge in [0.05, 0.1) is 22.2 Å². The van der Waals surface area contributed by atoms with Gasteiger partial charge in [0.25, 0.3) is 5.56 Å². The average molecular weight is 342 g/mol. The Hall–Kier alpha value is -2.54. The molecule has 0 saturated heterocycles. The average Bonchev–Trinajstić information content (AvgIpc) is 2.98. The Balaban J connectivity index is 1.53. The third kappa shape index (κ3) is 3.86. The molecule has 0 bridgehead atoms.